The van der Waals surface area contributed by atoms with E-state index in [4.69, 9.17) is 4.74 Å². The van der Waals surface area contributed by atoms with Crippen LogP contribution >= 0.6 is 11.8 Å². The van der Waals surface area contributed by atoms with E-state index >= 15 is 0 Å². The molecule has 5 heteroatoms. The lowest BCUT2D eigenvalue weighted by molar-refractivity contribution is -0.132. The smallest absolute Gasteiger partial charge is 0.241 e. The Kier molecular flexibility index (Phi) is 5.07. The summed E-state index contributed by atoms with van der Waals surface area (Å²) in [6.45, 7) is 4.47. The summed E-state index contributed by atoms with van der Waals surface area (Å²) in [5.41, 5.74) is 1.11. The van der Waals surface area contributed by atoms with Crippen LogP contribution in [0.25, 0.3) is 0 Å². The number of amides is 1. The van der Waals surface area contributed by atoms with Crippen molar-refractivity contribution in [3.8, 4) is 0 Å². The largest absolute Gasteiger partial charge is 0.383 e. The zero-order valence-corrected chi connectivity index (χ0v) is 13.2. The first-order valence-electron chi connectivity index (χ1n) is 6.79. The highest BCUT2D eigenvalue weighted by atomic mass is 32.2. The lowest BCUT2D eigenvalue weighted by Gasteiger charge is -2.30. The van der Waals surface area contributed by atoms with Gasteiger partial charge < -0.3 is 9.64 Å². The number of rotatable bonds is 5. The van der Waals surface area contributed by atoms with Gasteiger partial charge in [0.15, 0.2) is 0 Å². The number of nitrogens with zero attached hydrogens (tertiary/aromatic N) is 1. The van der Waals surface area contributed by atoms with Crippen molar-refractivity contribution >= 4 is 17.7 Å². The Balaban J connectivity index is 2.24. The average Bonchev–Trinajstić information content (AvgIpc) is 2.75. The van der Waals surface area contributed by atoms with E-state index in [-0.39, 0.29) is 24.2 Å². The monoisotopic (exact) mass is 294 g/mol. The molecule has 110 valence electrons. The first-order chi connectivity index (χ1) is 9.58. The minimum atomic E-state index is -0.153. The van der Waals surface area contributed by atoms with Crippen LogP contribution < -0.4 is 5.32 Å². The molecular formula is C15H22N2O2S. The molecule has 0 aliphatic carbocycles. The Morgan fingerprint density at radius 1 is 1.40 bits per heavy atom. The number of benzene rings is 1. The van der Waals surface area contributed by atoms with Crippen LogP contribution in [0.1, 0.15) is 25.6 Å². The molecule has 20 heavy (non-hydrogen) atoms. The number of hydrogen-bond acceptors (Lipinski definition) is 4. The van der Waals surface area contributed by atoms with E-state index in [1.54, 1.807) is 18.9 Å². The molecule has 1 fully saturated rings. The zero-order valence-electron chi connectivity index (χ0n) is 12.4. The van der Waals surface area contributed by atoms with Gasteiger partial charge in [-0.15, -0.1) is 11.8 Å². The van der Waals surface area contributed by atoms with Crippen molar-refractivity contribution in [1.29, 1.82) is 0 Å². The van der Waals surface area contributed by atoms with E-state index in [9.17, 15) is 4.79 Å². The molecule has 1 aliphatic heterocycles. The number of methoxy groups -OCH3 is 1. The fourth-order valence-corrected chi connectivity index (χ4v) is 2.98. The summed E-state index contributed by atoms with van der Waals surface area (Å²) in [5.74, 6) is 0.133. The second-order valence-corrected chi connectivity index (χ2v) is 5.99. The maximum Gasteiger partial charge on any atom is 0.241 e. The average molecular weight is 294 g/mol. The van der Waals surface area contributed by atoms with Crippen molar-refractivity contribution in [3.63, 3.8) is 0 Å². The molecule has 1 aromatic rings. The lowest BCUT2D eigenvalue weighted by Crippen LogP contribution is -2.40. The maximum atomic E-state index is 12.3. The predicted octanol–water partition coefficient (Wildman–Crippen LogP) is 2.26. The van der Waals surface area contributed by atoms with Crippen LogP contribution in [-0.2, 0) is 9.53 Å². The molecule has 0 saturated carbocycles. The minimum Gasteiger partial charge on any atom is -0.383 e. The molecule has 0 aromatic heterocycles. The Morgan fingerprint density at radius 2 is 2.05 bits per heavy atom. The molecule has 1 heterocycles. The van der Waals surface area contributed by atoms with Crippen LogP contribution in [0.4, 0.5) is 0 Å². The molecule has 3 atom stereocenters. The summed E-state index contributed by atoms with van der Waals surface area (Å²) in [6.07, 6.45) is 1.99. The zero-order chi connectivity index (χ0) is 14.7. The van der Waals surface area contributed by atoms with Gasteiger partial charge in [0.2, 0.25) is 5.91 Å². The first-order valence-corrected chi connectivity index (χ1v) is 8.02. The third-order valence-electron chi connectivity index (χ3n) is 3.63. The molecule has 0 spiro atoms. The summed E-state index contributed by atoms with van der Waals surface area (Å²) in [4.78, 5) is 15.4. The van der Waals surface area contributed by atoms with Crippen molar-refractivity contribution < 1.29 is 9.53 Å². The second kappa shape index (κ2) is 6.61. The van der Waals surface area contributed by atoms with E-state index < -0.39 is 0 Å². The quantitative estimate of drug-likeness (QED) is 0.846. The lowest BCUT2D eigenvalue weighted by atomic mass is 10.1. The minimum absolute atomic E-state index is 0.0511. The first kappa shape index (κ1) is 15.4. The van der Waals surface area contributed by atoms with Crippen LogP contribution in [0, 0.1) is 0 Å². The summed E-state index contributed by atoms with van der Waals surface area (Å²) in [6, 6.07) is 8.25. The summed E-state index contributed by atoms with van der Waals surface area (Å²) >= 11 is 1.72. The van der Waals surface area contributed by atoms with Crippen LogP contribution in [0.15, 0.2) is 29.2 Å². The topological polar surface area (TPSA) is 41.6 Å². The van der Waals surface area contributed by atoms with Crippen molar-refractivity contribution in [2.24, 2.45) is 0 Å². The Hall–Kier alpha value is -1.04. The van der Waals surface area contributed by atoms with Crippen LogP contribution in [0.3, 0.4) is 0 Å². The Labute approximate surface area is 124 Å². The second-order valence-electron chi connectivity index (χ2n) is 5.11. The van der Waals surface area contributed by atoms with Gasteiger partial charge in [-0.1, -0.05) is 12.1 Å². The van der Waals surface area contributed by atoms with E-state index in [0.717, 1.165) is 5.56 Å². The maximum absolute atomic E-state index is 12.3. The van der Waals surface area contributed by atoms with Gasteiger partial charge in [0, 0.05) is 12.0 Å². The highest BCUT2D eigenvalue weighted by Crippen LogP contribution is 2.28. The normalized spacial score (nSPS) is 24.2. The van der Waals surface area contributed by atoms with Crippen molar-refractivity contribution in [2.45, 2.75) is 37.0 Å². The molecule has 0 radical (unpaired) electrons. The van der Waals surface area contributed by atoms with Crippen LogP contribution in [-0.4, -0.2) is 42.9 Å². The van der Waals surface area contributed by atoms with Gasteiger partial charge in [-0.05, 0) is 37.8 Å². The summed E-state index contributed by atoms with van der Waals surface area (Å²) < 4.78 is 5.20. The van der Waals surface area contributed by atoms with Gasteiger partial charge in [0.1, 0.15) is 6.17 Å². The molecular weight excluding hydrogens is 272 g/mol. The van der Waals surface area contributed by atoms with Gasteiger partial charge in [0.05, 0.1) is 18.7 Å². The third-order valence-corrected chi connectivity index (χ3v) is 4.37. The van der Waals surface area contributed by atoms with Crippen molar-refractivity contribution in [1.82, 2.24) is 10.2 Å². The number of hydrogen-bond donors (Lipinski definition) is 1. The fourth-order valence-electron chi connectivity index (χ4n) is 2.58. The van der Waals surface area contributed by atoms with E-state index in [2.05, 4.69) is 35.8 Å². The Morgan fingerprint density at radius 3 is 2.60 bits per heavy atom. The van der Waals surface area contributed by atoms with Crippen molar-refractivity contribution in [2.75, 3.05) is 20.0 Å². The highest BCUT2D eigenvalue weighted by Gasteiger charge is 2.39. The van der Waals surface area contributed by atoms with Gasteiger partial charge >= 0.3 is 0 Å². The molecule has 2 rings (SSSR count). The Bertz CT molecular complexity index is 463. The van der Waals surface area contributed by atoms with Crippen LogP contribution in [0.5, 0.6) is 0 Å². The molecule has 1 saturated heterocycles. The number of thioether (sulfide) groups is 1. The van der Waals surface area contributed by atoms with Crippen LogP contribution in [0.2, 0.25) is 0 Å². The van der Waals surface area contributed by atoms with Gasteiger partial charge in [-0.2, -0.15) is 0 Å². The third kappa shape index (κ3) is 3.00. The van der Waals surface area contributed by atoms with Gasteiger partial charge in [-0.3, -0.25) is 10.1 Å². The summed E-state index contributed by atoms with van der Waals surface area (Å²) in [7, 11) is 1.66. The molecule has 3 unspecified atom stereocenters. The number of nitrogens with one attached hydrogen (secondary N) is 1. The molecule has 1 N–H and O–H groups in total. The number of ether oxygens (including phenoxy) is 1. The van der Waals surface area contributed by atoms with E-state index in [0.29, 0.717) is 6.61 Å². The number of carbonyl (C=O) groups excluding carboxylic acids is 1. The molecule has 4 nitrogen and oxygen atoms in total. The molecule has 1 amide bonds. The molecule has 1 aromatic carbocycles. The van der Waals surface area contributed by atoms with Gasteiger partial charge in [-0.25, -0.2) is 0 Å². The van der Waals surface area contributed by atoms with Crippen molar-refractivity contribution in [3.05, 3.63) is 29.8 Å². The predicted molar refractivity (Wildman–Crippen MR) is 81.7 cm³/mol. The highest BCUT2D eigenvalue weighted by molar-refractivity contribution is 7.98. The molecule has 1 aliphatic rings. The fraction of sp³-hybridized carbons (Fsp3) is 0.533. The molecule has 0 bridgehead atoms. The van der Waals surface area contributed by atoms with E-state index in [1.807, 2.05) is 18.7 Å². The standard InChI is InChI=1S/C15H22N2O2S/c1-10(9-19-3)17-14(16-11(2)15(17)18)12-5-7-13(20-4)8-6-12/h5-8,10-11,14,16H,9H2,1-4H3. The number of carbonyl (C=O) groups is 1. The summed E-state index contributed by atoms with van der Waals surface area (Å²) in [5, 5.41) is 3.36. The SMILES string of the molecule is COCC(C)N1C(=O)C(C)NC1c1ccc(SC)cc1. The van der Waals surface area contributed by atoms with E-state index in [1.165, 1.54) is 4.90 Å². The van der Waals surface area contributed by atoms with Gasteiger partial charge in [0.25, 0.3) is 0 Å².